The third-order valence-corrected chi connectivity index (χ3v) is 6.27. The summed E-state index contributed by atoms with van der Waals surface area (Å²) < 4.78 is 33.4. The third kappa shape index (κ3) is 5.53. The lowest BCUT2D eigenvalue weighted by molar-refractivity contribution is 0.102. The number of hydrogen-bond donors (Lipinski definition) is 2. The highest BCUT2D eigenvalue weighted by Crippen LogP contribution is 2.19. The van der Waals surface area contributed by atoms with E-state index in [1.165, 1.54) is 12.1 Å². The molecule has 164 valence electrons. The minimum atomic E-state index is -3.75. The summed E-state index contributed by atoms with van der Waals surface area (Å²) in [5, 5.41) is 2.74. The zero-order valence-electron chi connectivity index (χ0n) is 17.3. The standard InChI is InChI=1S/C24H23N3O4S/c28-24(19-11-13-21(14-12-19)31-17-18-6-2-1-3-7-18)26-20-8-4-9-22(16-20)32(29,30)27-23-10-5-15-25-23/h1-4,6-9,11-14,16H,5,10,15,17H2,(H,25,27)(H,26,28). The van der Waals surface area contributed by atoms with E-state index < -0.39 is 10.0 Å². The van der Waals surface area contributed by atoms with Gasteiger partial charge in [-0.3, -0.25) is 14.5 Å². The molecule has 0 unspecified atom stereocenters. The molecule has 0 saturated carbocycles. The second kappa shape index (κ2) is 9.65. The highest BCUT2D eigenvalue weighted by Gasteiger charge is 2.19. The van der Waals surface area contributed by atoms with Crippen LogP contribution in [0.5, 0.6) is 5.75 Å². The minimum Gasteiger partial charge on any atom is -0.489 e. The molecule has 8 heteroatoms. The molecular formula is C24H23N3O4S. The number of aliphatic imine (C=N–C) groups is 1. The first-order valence-corrected chi connectivity index (χ1v) is 11.7. The van der Waals surface area contributed by atoms with E-state index >= 15 is 0 Å². The van der Waals surface area contributed by atoms with Gasteiger partial charge in [0.25, 0.3) is 15.9 Å². The van der Waals surface area contributed by atoms with E-state index in [0.29, 0.717) is 42.4 Å². The van der Waals surface area contributed by atoms with E-state index in [0.717, 1.165) is 12.0 Å². The SMILES string of the molecule is O=C(Nc1cccc(S(=O)(=O)NC2=NCCC2)c1)c1ccc(OCc2ccccc2)cc1. The van der Waals surface area contributed by atoms with E-state index in [4.69, 9.17) is 4.74 Å². The summed E-state index contributed by atoms with van der Waals surface area (Å²) in [6, 6.07) is 22.7. The van der Waals surface area contributed by atoms with Crippen LogP contribution in [0.2, 0.25) is 0 Å². The smallest absolute Gasteiger partial charge is 0.262 e. The first-order valence-electron chi connectivity index (χ1n) is 10.2. The molecule has 0 radical (unpaired) electrons. The van der Waals surface area contributed by atoms with Gasteiger partial charge in [-0.2, -0.15) is 0 Å². The molecule has 0 aliphatic carbocycles. The lowest BCUT2D eigenvalue weighted by atomic mass is 10.2. The second-order valence-electron chi connectivity index (χ2n) is 7.32. The molecule has 32 heavy (non-hydrogen) atoms. The Morgan fingerprint density at radius 2 is 1.75 bits per heavy atom. The number of benzene rings is 3. The largest absolute Gasteiger partial charge is 0.489 e. The van der Waals surface area contributed by atoms with E-state index in [1.54, 1.807) is 36.4 Å². The summed E-state index contributed by atoms with van der Waals surface area (Å²) in [7, 11) is -3.75. The molecule has 0 aromatic heterocycles. The number of carbonyl (C=O) groups is 1. The Kier molecular flexibility index (Phi) is 6.51. The molecular weight excluding hydrogens is 426 g/mol. The number of carbonyl (C=O) groups excluding carboxylic acids is 1. The van der Waals surface area contributed by atoms with Crippen LogP contribution in [0.3, 0.4) is 0 Å². The Morgan fingerprint density at radius 3 is 2.47 bits per heavy atom. The van der Waals surface area contributed by atoms with Crippen molar-refractivity contribution in [3.63, 3.8) is 0 Å². The summed E-state index contributed by atoms with van der Waals surface area (Å²) in [6.07, 6.45) is 1.45. The molecule has 0 spiro atoms. The molecule has 0 bridgehead atoms. The van der Waals surface area contributed by atoms with Gasteiger partial charge in [-0.15, -0.1) is 0 Å². The Hall–Kier alpha value is -3.65. The van der Waals surface area contributed by atoms with Gasteiger partial charge in [0.05, 0.1) is 4.90 Å². The molecule has 1 amide bonds. The summed E-state index contributed by atoms with van der Waals surface area (Å²) in [4.78, 5) is 16.8. The van der Waals surface area contributed by atoms with E-state index in [-0.39, 0.29) is 10.8 Å². The Morgan fingerprint density at radius 1 is 0.969 bits per heavy atom. The number of sulfonamides is 1. The van der Waals surface area contributed by atoms with Crippen LogP contribution in [0.15, 0.2) is 88.8 Å². The van der Waals surface area contributed by atoms with Crippen LogP contribution in [-0.4, -0.2) is 26.7 Å². The van der Waals surface area contributed by atoms with Gasteiger partial charge in [0.1, 0.15) is 18.2 Å². The third-order valence-electron chi connectivity index (χ3n) is 4.89. The van der Waals surface area contributed by atoms with Crippen LogP contribution in [0.25, 0.3) is 0 Å². The van der Waals surface area contributed by atoms with Gasteiger partial charge in [0, 0.05) is 24.2 Å². The number of amides is 1. The van der Waals surface area contributed by atoms with Crippen molar-refractivity contribution in [2.45, 2.75) is 24.3 Å². The number of amidine groups is 1. The molecule has 3 aromatic rings. The first-order chi connectivity index (χ1) is 15.5. The minimum absolute atomic E-state index is 0.0644. The molecule has 0 fully saturated rings. The van der Waals surface area contributed by atoms with E-state index in [9.17, 15) is 13.2 Å². The summed E-state index contributed by atoms with van der Waals surface area (Å²) in [5.41, 5.74) is 1.87. The van der Waals surface area contributed by atoms with Gasteiger partial charge < -0.3 is 10.1 Å². The average molecular weight is 450 g/mol. The number of hydrogen-bond acceptors (Lipinski definition) is 5. The van der Waals surface area contributed by atoms with Gasteiger partial charge in [-0.25, -0.2) is 8.42 Å². The molecule has 2 N–H and O–H groups in total. The predicted octanol–water partition coefficient (Wildman–Crippen LogP) is 3.99. The quantitative estimate of drug-likeness (QED) is 0.570. The van der Waals surface area contributed by atoms with Crippen LogP contribution < -0.4 is 14.8 Å². The lowest BCUT2D eigenvalue weighted by Gasteiger charge is -2.11. The van der Waals surface area contributed by atoms with Crippen molar-refractivity contribution in [1.29, 1.82) is 0 Å². The maximum atomic E-state index is 12.6. The average Bonchev–Trinajstić information content (AvgIpc) is 3.31. The number of ether oxygens (including phenoxy) is 1. The molecule has 1 aliphatic heterocycles. The van der Waals surface area contributed by atoms with Crippen molar-refractivity contribution in [2.24, 2.45) is 4.99 Å². The monoisotopic (exact) mass is 449 g/mol. The highest BCUT2D eigenvalue weighted by atomic mass is 32.2. The Bertz CT molecular complexity index is 1220. The zero-order chi connectivity index (χ0) is 22.4. The maximum Gasteiger partial charge on any atom is 0.262 e. The van der Waals surface area contributed by atoms with Gasteiger partial charge >= 0.3 is 0 Å². The fourth-order valence-corrected chi connectivity index (χ4v) is 4.36. The summed E-state index contributed by atoms with van der Waals surface area (Å²) in [5.74, 6) is 0.774. The van der Waals surface area contributed by atoms with Crippen molar-refractivity contribution >= 4 is 27.5 Å². The topological polar surface area (TPSA) is 96.9 Å². The maximum absolute atomic E-state index is 12.6. The van der Waals surface area contributed by atoms with Gasteiger partial charge in [-0.1, -0.05) is 36.4 Å². The predicted molar refractivity (Wildman–Crippen MR) is 123 cm³/mol. The van der Waals surface area contributed by atoms with E-state index in [1.807, 2.05) is 30.3 Å². The van der Waals surface area contributed by atoms with Crippen molar-refractivity contribution in [3.05, 3.63) is 90.0 Å². The van der Waals surface area contributed by atoms with Crippen LogP contribution in [0.4, 0.5) is 5.69 Å². The van der Waals surface area contributed by atoms with Crippen LogP contribution in [-0.2, 0) is 16.6 Å². The Balaban J connectivity index is 1.38. The first kappa shape index (κ1) is 21.6. The lowest BCUT2D eigenvalue weighted by Crippen LogP contribution is -2.29. The molecule has 7 nitrogen and oxygen atoms in total. The number of nitrogens with one attached hydrogen (secondary N) is 2. The summed E-state index contributed by atoms with van der Waals surface area (Å²) in [6.45, 7) is 1.07. The van der Waals surface area contributed by atoms with Gasteiger partial charge in [-0.05, 0) is 54.4 Å². The fraction of sp³-hybridized carbons (Fsp3) is 0.167. The second-order valence-corrected chi connectivity index (χ2v) is 9.00. The summed E-state index contributed by atoms with van der Waals surface area (Å²) >= 11 is 0. The van der Waals surface area contributed by atoms with Gasteiger partial charge in [0.15, 0.2) is 0 Å². The van der Waals surface area contributed by atoms with Crippen LogP contribution in [0.1, 0.15) is 28.8 Å². The number of nitrogens with zero attached hydrogens (tertiary/aromatic N) is 1. The van der Waals surface area contributed by atoms with Crippen molar-refractivity contribution in [3.8, 4) is 5.75 Å². The van der Waals surface area contributed by atoms with Crippen LogP contribution >= 0.6 is 0 Å². The molecule has 4 rings (SSSR count). The van der Waals surface area contributed by atoms with Crippen molar-refractivity contribution in [1.82, 2.24) is 4.72 Å². The number of anilines is 1. The Labute approximate surface area is 187 Å². The zero-order valence-corrected chi connectivity index (χ0v) is 18.1. The fourth-order valence-electron chi connectivity index (χ4n) is 3.22. The molecule has 1 aliphatic rings. The number of rotatable bonds is 7. The normalized spacial score (nSPS) is 13.3. The molecule has 0 atom stereocenters. The van der Waals surface area contributed by atoms with E-state index in [2.05, 4.69) is 15.0 Å². The molecule has 0 saturated heterocycles. The molecule has 3 aromatic carbocycles. The van der Waals surface area contributed by atoms with Crippen molar-refractivity contribution < 1.29 is 17.9 Å². The molecule has 1 heterocycles. The highest BCUT2D eigenvalue weighted by molar-refractivity contribution is 7.90. The van der Waals surface area contributed by atoms with Gasteiger partial charge in [0.2, 0.25) is 0 Å². The van der Waals surface area contributed by atoms with Crippen LogP contribution in [0, 0.1) is 0 Å². The van der Waals surface area contributed by atoms with Crippen molar-refractivity contribution in [2.75, 3.05) is 11.9 Å².